The van der Waals surface area contributed by atoms with Gasteiger partial charge >= 0.3 is 0 Å². The van der Waals surface area contributed by atoms with E-state index >= 15 is 0 Å². The molecule has 2 N–H and O–H groups in total. The highest BCUT2D eigenvalue weighted by Gasteiger charge is 2.24. The lowest BCUT2D eigenvalue weighted by molar-refractivity contribution is 0.202. The molecule has 0 amide bonds. The summed E-state index contributed by atoms with van der Waals surface area (Å²) in [5.41, 5.74) is 0. The maximum atomic E-state index is 8.85. The molecule has 60 valence electrons. The van der Waals surface area contributed by atoms with E-state index in [0.29, 0.717) is 5.92 Å². The average Bonchev–Trinajstić information content (AvgIpc) is 2.04. The van der Waals surface area contributed by atoms with E-state index < -0.39 is 0 Å². The molecule has 0 bridgehead atoms. The van der Waals surface area contributed by atoms with Gasteiger partial charge < -0.3 is 10.2 Å². The van der Waals surface area contributed by atoms with E-state index in [-0.39, 0.29) is 18.5 Å². The predicted octanol–water partition coefficient (Wildman–Crippen LogP) is 0.393. The van der Waals surface area contributed by atoms with Crippen molar-refractivity contribution in [1.82, 2.24) is 0 Å². The topological polar surface area (TPSA) is 40.5 Å². The largest absolute Gasteiger partial charge is 0.396 e. The Morgan fingerprint density at radius 1 is 1.30 bits per heavy atom. The monoisotopic (exact) mass is 180 g/mol. The second-order valence-electron chi connectivity index (χ2n) is 2.32. The molecule has 1 aliphatic heterocycles. The predicted molar refractivity (Wildman–Crippen MR) is 46.4 cm³/mol. The van der Waals surface area contributed by atoms with Gasteiger partial charge in [-0.15, -0.1) is 11.8 Å². The van der Waals surface area contributed by atoms with Gasteiger partial charge in [-0.3, -0.25) is 0 Å². The molecule has 2 nitrogen and oxygen atoms in total. The maximum absolute atomic E-state index is 8.85. The quantitative estimate of drug-likeness (QED) is 0.645. The van der Waals surface area contributed by atoms with Gasteiger partial charge in [0.2, 0.25) is 0 Å². The lowest BCUT2D eigenvalue weighted by Crippen LogP contribution is -2.29. The Kier molecular flexibility index (Phi) is 3.91. The first kappa shape index (κ1) is 8.71. The fourth-order valence-corrected chi connectivity index (χ4v) is 3.74. The number of hydrogen-bond acceptors (Lipinski definition) is 4. The van der Waals surface area contributed by atoms with Gasteiger partial charge in [0.1, 0.15) is 0 Å². The van der Waals surface area contributed by atoms with Crippen molar-refractivity contribution < 1.29 is 10.2 Å². The molecule has 0 aliphatic carbocycles. The summed E-state index contributed by atoms with van der Waals surface area (Å²) in [4.78, 5) is 0. The number of rotatable bonds is 2. The molecule has 1 rings (SSSR count). The molecule has 2 atom stereocenters. The minimum Gasteiger partial charge on any atom is -0.396 e. The Morgan fingerprint density at radius 2 is 2.10 bits per heavy atom. The minimum atomic E-state index is 0.205. The summed E-state index contributed by atoms with van der Waals surface area (Å²) in [6.45, 7) is 0.418. The van der Waals surface area contributed by atoms with Gasteiger partial charge in [-0.1, -0.05) is 0 Å². The smallest absolute Gasteiger partial charge is 0.0554 e. The molecule has 1 heterocycles. The van der Waals surface area contributed by atoms with E-state index in [9.17, 15) is 0 Å². The second-order valence-corrected chi connectivity index (χ2v) is 4.94. The summed E-state index contributed by atoms with van der Waals surface area (Å²) >= 11 is 3.59. The number of aliphatic hydroxyl groups is 2. The summed E-state index contributed by atoms with van der Waals surface area (Å²) in [6.07, 6.45) is 0. The Bertz CT molecular complexity index is 87.7. The van der Waals surface area contributed by atoms with Gasteiger partial charge in [0.15, 0.2) is 0 Å². The number of aliphatic hydroxyl groups excluding tert-OH is 2. The molecule has 0 aromatic heterocycles. The van der Waals surface area contributed by atoms with Crippen molar-refractivity contribution in [2.45, 2.75) is 5.25 Å². The zero-order valence-electron chi connectivity index (χ0n) is 5.69. The van der Waals surface area contributed by atoms with Crippen molar-refractivity contribution in [2.24, 2.45) is 5.92 Å². The fourth-order valence-electron chi connectivity index (χ4n) is 0.950. The molecule has 0 spiro atoms. The summed E-state index contributed by atoms with van der Waals surface area (Å²) < 4.78 is 0. The molecule has 0 aromatic rings. The molecule has 0 radical (unpaired) electrons. The van der Waals surface area contributed by atoms with E-state index in [1.54, 1.807) is 11.8 Å². The lowest BCUT2D eigenvalue weighted by Gasteiger charge is -2.27. The van der Waals surface area contributed by atoms with Crippen molar-refractivity contribution in [3.05, 3.63) is 0 Å². The van der Waals surface area contributed by atoms with Gasteiger partial charge in [-0.05, 0) is 0 Å². The summed E-state index contributed by atoms with van der Waals surface area (Å²) in [6, 6.07) is 0. The standard InChI is InChI=1S/C6H12O2S2/c7-1-5-3-9-4-10-6(5)2-8/h5-8H,1-4H2. The average molecular weight is 180 g/mol. The van der Waals surface area contributed by atoms with Crippen LogP contribution in [-0.4, -0.2) is 39.5 Å². The molecule has 0 saturated carbocycles. The van der Waals surface area contributed by atoms with Gasteiger partial charge in [-0.25, -0.2) is 0 Å². The van der Waals surface area contributed by atoms with E-state index in [1.807, 2.05) is 11.8 Å². The van der Waals surface area contributed by atoms with Crippen molar-refractivity contribution in [3.63, 3.8) is 0 Å². The zero-order valence-corrected chi connectivity index (χ0v) is 7.33. The number of hydrogen-bond donors (Lipinski definition) is 2. The molecule has 1 saturated heterocycles. The van der Waals surface area contributed by atoms with Crippen LogP contribution in [0.2, 0.25) is 0 Å². The number of thioether (sulfide) groups is 2. The van der Waals surface area contributed by atoms with E-state index in [2.05, 4.69) is 0 Å². The van der Waals surface area contributed by atoms with Crippen molar-refractivity contribution in [2.75, 3.05) is 24.1 Å². The van der Waals surface area contributed by atoms with Crippen LogP contribution in [0.4, 0.5) is 0 Å². The third kappa shape index (κ3) is 2.05. The fraction of sp³-hybridized carbons (Fsp3) is 1.00. The summed E-state index contributed by atoms with van der Waals surface area (Å²) in [5, 5.41) is 19.0. The first-order chi connectivity index (χ1) is 4.88. The van der Waals surface area contributed by atoms with Crippen LogP contribution in [0, 0.1) is 5.92 Å². The van der Waals surface area contributed by atoms with E-state index in [0.717, 1.165) is 10.8 Å². The third-order valence-electron chi connectivity index (χ3n) is 1.64. The highest BCUT2D eigenvalue weighted by atomic mass is 32.2. The summed E-state index contributed by atoms with van der Waals surface area (Å²) in [5.74, 6) is 1.29. The molecule has 0 aromatic carbocycles. The van der Waals surface area contributed by atoms with Gasteiger partial charge in [-0.2, -0.15) is 11.8 Å². The molecular formula is C6H12O2S2. The first-order valence-corrected chi connectivity index (χ1v) is 5.50. The molecule has 1 aliphatic rings. The summed E-state index contributed by atoms with van der Waals surface area (Å²) in [7, 11) is 0. The normalized spacial score (nSPS) is 34.2. The van der Waals surface area contributed by atoms with E-state index in [1.165, 1.54) is 0 Å². The van der Waals surface area contributed by atoms with E-state index in [4.69, 9.17) is 10.2 Å². The molecule has 10 heavy (non-hydrogen) atoms. The van der Waals surface area contributed by atoms with Crippen LogP contribution in [0.1, 0.15) is 0 Å². The van der Waals surface area contributed by atoms with Crippen molar-refractivity contribution in [3.8, 4) is 0 Å². The lowest BCUT2D eigenvalue weighted by atomic mass is 10.1. The SMILES string of the molecule is OCC1CSCSC1CO. The van der Waals surface area contributed by atoms with Crippen LogP contribution in [0.5, 0.6) is 0 Å². The Hall–Kier alpha value is 0.620. The second kappa shape index (κ2) is 4.49. The molecular weight excluding hydrogens is 168 g/mol. The van der Waals surface area contributed by atoms with Gasteiger partial charge in [0.25, 0.3) is 0 Å². The van der Waals surface area contributed by atoms with Crippen LogP contribution in [0.15, 0.2) is 0 Å². The van der Waals surface area contributed by atoms with Crippen LogP contribution in [0.25, 0.3) is 0 Å². The van der Waals surface area contributed by atoms with Crippen LogP contribution in [-0.2, 0) is 0 Å². The highest BCUT2D eigenvalue weighted by Crippen LogP contribution is 2.31. The minimum absolute atomic E-state index is 0.205. The van der Waals surface area contributed by atoms with Crippen LogP contribution >= 0.6 is 23.5 Å². The van der Waals surface area contributed by atoms with Crippen LogP contribution in [0.3, 0.4) is 0 Å². The molecule has 4 heteroatoms. The van der Waals surface area contributed by atoms with Crippen molar-refractivity contribution >= 4 is 23.5 Å². The van der Waals surface area contributed by atoms with Crippen LogP contribution < -0.4 is 0 Å². The zero-order chi connectivity index (χ0) is 7.40. The Balaban J connectivity index is 2.34. The van der Waals surface area contributed by atoms with Crippen molar-refractivity contribution in [1.29, 1.82) is 0 Å². The third-order valence-corrected chi connectivity index (χ3v) is 4.47. The Morgan fingerprint density at radius 3 is 2.60 bits per heavy atom. The Labute approximate surface area is 69.4 Å². The first-order valence-electron chi connectivity index (χ1n) is 3.29. The van der Waals surface area contributed by atoms with Gasteiger partial charge in [0, 0.05) is 28.6 Å². The van der Waals surface area contributed by atoms with Gasteiger partial charge in [0.05, 0.1) is 6.61 Å². The highest BCUT2D eigenvalue weighted by molar-refractivity contribution is 8.16. The molecule has 1 fully saturated rings. The maximum Gasteiger partial charge on any atom is 0.0554 e. The molecule has 2 unspecified atom stereocenters.